The Kier molecular flexibility index (Phi) is 3.87. The fourth-order valence-corrected chi connectivity index (χ4v) is 4.01. The van der Waals surface area contributed by atoms with Crippen LogP contribution in [0.1, 0.15) is 12.0 Å². The number of hydrogen-bond donors (Lipinski definition) is 1. The van der Waals surface area contributed by atoms with Gasteiger partial charge in [-0.15, -0.1) is 0 Å². The van der Waals surface area contributed by atoms with Crippen LogP contribution in [0.25, 0.3) is 0 Å². The highest BCUT2D eigenvalue weighted by atomic mass is 32.2. The van der Waals surface area contributed by atoms with Crippen LogP contribution in [0.4, 0.5) is 5.82 Å². The molecule has 1 atom stereocenters. The van der Waals surface area contributed by atoms with Crippen LogP contribution in [0.2, 0.25) is 0 Å². The Morgan fingerprint density at radius 1 is 1.56 bits per heavy atom. The van der Waals surface area contributed by atoms with E-state index in [9.17, 15) is 8.42 Å². The summed E-state index contributed by atoms with van der Waals surface area (Å²) < 4.78 is 23.0. The van der Waals surface area contributed by atoms with E-state index in [4.69, 9.17) is 0 Å². The lowest BCUT2D eigenvalue weighted by molar-refractivity contribution is 0.600. The molecule has 0 aliphatic carbocycles. The van der Waals surface area contributed by atoms with Crippen molar-refractivity contribution in [3.05, 3.63) is 23.9 Å². The topological polar surface area (TPSA) is 62.3 Å². The van der Waals surface area contributed by atoms with E-state index in [1.54, 1.807) is 6.20 Å². The molecule has 0 saturated carbocycles. The van der Waals surface area contributed by atoms with Crippen molar-refractivity contribution in [3.8, 4) is 0 Å². The summed E-state index contributed by atoms with van der Waals surface area (Å²) >= 11 is 0. The summed E-state index contributed by atoms with van der Waals surface area (Å²) in [7, 11) is 0.959. The number of rotatable bonds is 4. The van der Waals surface area contributed by atoms with Gasteiger partial charge in [0.1, 0.15) is 5.82 Å². The fraction of sp³-hybridized carbons (Fsp3) is 0.583. The largest absolute Gasteiger partial charge is 0.356 e. The van der Waals surface area contributed by atoms with E-state index in [0.717, 1.165) is 17.9 Å². The third-order valence-corrected chi connectivity index (χ3v) is 5.06. The van der Waals surface area contributed by atoms with Gasteiger partial charge in [0.15, 0.2) is 9.84 Å². The van der Waals surface area contributed by atoms with E-state index in [1.807, 2.05) is 31.1 Å². The Hall–Kier alpha value is -1.14. The molecule has 0 radical (unpaired) electrons. The van der Waals surface area contributed by atoms with Crippen molar-refractivity contribution in [1.82, 2.24) is 10.3 Å². The van der Waals surface area contributed by atoms with Crippen LogP contribution < -0.4 is 10.2 Å². The molecule has 1 fully saturated rings. The Labute approximate surface area is 108 Å². The van der Waals surface area contributed by atoms with E-state index >= 15 is 0 Å². The number of anilines is 1. The SMILES string of the molecule is CNCc1ccnc(N(C)C2CCS(=O)(=O)C2)c1. The van der Waals surface area contributed by atoms with E-state index in [2.05, 4.69) is 10.3 Å². The lowest BCUT2D eigenvalue weighted by Crippen LogP contribution is -2.33. The fourth-order valence-electron chi connectivity index (χ4n) is 2.24. The molecule has 100 valence electrons. The first kappa shape index (κ1) is 13.3. The Morgan fingerprint density at radius 2 is 2.33 bits per heavy atom. The van der Waals surface area contributed by atoms with Crippen LogP contribution >= 0.6 is 0 Å². The Bertz CT molecular complexity index is 516. The van der Waals surface area contributed by atoms with Crippen molar-refractivity contribution < 1.29 is 8.42 Å². The summed E-state index contributed by atoms with van der Waals surface area (Å²) in [5, 5.41) is 3.09. The van der Waals surface area contributed by atoms with Gasteiger partial charge >= 0.3 is 0 Å². The van der Waals surface area contributed by atoms with Gasteiger partial charge in [0.2, 0.25) is 0 Å². The number of pyridine rings is 1. The van der Waals surface area contributed by atoms with Crippen LogP contribution in [0.15, 0.2) is 18.3 Å². The molecule has 1 N–H and O–H groups in total. The first-order valence-electron chi connectivity index (χ1n) is 6.04. The Balaban J connectivity index is 2.13. The van der Waals surface area contributed by atoms with Crippen molar-refractivity contribution in [2.45, 2.75) is 19.0 Å². The minimum atomic E-state index is -2.85. The highest BCUT2D eigenvalue weighted by Crippen LogP contribution is 2.21. The number of sulfone groups is 1. The first-order valence-corrected chi connectivity index (χ1v) is 7.87. The third kappa shape index (κ3) is 3.00. The molecule has 0 spiro atoms. The average Bonchev–Trinajstić information content (AvgIpc) is 2.70. The standard InChI is InChI=1S/C12H19N3O2S/c1-13-8-10-3-5-14-12(7-10)15(2)11-4-6-18(16,17)9-11/h3,5,7,11,13H,4,6,8-9H2,1-2H3. The Morgan fingerprint density at radius 3 is 2.94 bits per heavy atom. The molecule has 0 aromatic carbocycles. The van der Waals surface area contributed by atoms with Crippen molar-refractivity contribution in [2.24, 2.45) is 0 Å². The second kappa shape index (κ2) is 5.24. The summed E-state index contributed by atoms with van der Waals surface area (Å²) in [6.45, 7) is 0.784. The minimum Gasteiger partial charge on any atom is -0.356 e. The molecule has 6 heteroatoms. The molecule has 1 unspecified atom stereocenters. The molecule has 1 saturated heterocycles. The lowest BCUT2D eigenvalue weighted by atomic mass is 10.2. The normalized spacial score (nSPS) is 22.0. The second-order valence-electron chi connectivity index (χ2n) is 4.72. The predicted octanol–water partition coefficient (Wildman–Crippen LogP) is 0.424. The van der Waals surface area contributed by atoms with Gasteiger partial charge in [0.25, 0.3) is 0 Å². The van der Waals surface area contributed by atoms with Gasteiger partial charge in [-0.2, -0.15) is 0 Å². The van der Waals surface area contributed by atoms with Crippen LogP contribution in [0.3, 0.4) is 0 Å². The molecule has 1 aliphatic rings. The monoisotopic (exact) mass is 269 g/mol. The smallest absolute Gasteiger partial charge is 0.152 e. The molecular weight excluding hydrogens is 250 g/mol. The van der Waals surface area contributed by atoms with E-state index < -0.39 is 9.84 Å². The van der Waals surface area contributed by atoms with Gasteiger partial charge in [-0.3, -0.25) is 0 Å². The maximum absolute atomic E-state index is 11.5. The molecule has 1 aliphatic heterocycles. The van der Waals surface area contributed by atoms with E-state index in [-0.39, 0.29) is 17.5 Å². The summed E-state index contributed by atoms with van der Waals surface area (Å²) in [5.74, 6) is 1.37. The van der Waals surface area contributed by atoms with Gasteiger partial charge in [-0.05, 0) is 31.2 Å². The lowest BCUT2D eigenvalue weighted by Gasteiger charge is -2.24. The summed E-state index contributed by atoms with van der Waals surface area (Å²) in [4.78, 5) is 6.29. The molecular formula is C12H19N3O2S. The minimum absolute atomic E-state index is 0.0485. The molecule has 1 aromatic rings. The maximum Gasteiger partial charge on any atom is 0.152 e. The number of hydrogen-bond acceptors (Lipinski definition) is 5. The molecule has 1 aromatic heterocycles. The number of nitrogens with zero attached hydrogens (tertiary/aromatic N) is 2. The first-order chi connectivity index (χ1) is 8.52. The average molecular weight is 269 g/mol. The van der Waals surface area contributed by atoms with Gasteiger partial charge in [-0.1, -0.05) is 0 Å². The van der Waals surface area contributed by atoms with Crippen LogP contribution in [-0.2, 0) is 16.4 Å². The summed E-state index contributed by atoms with van der Waals surface area (Å²) in [5.41, 5.74) is 1.15. The third-order valence-electron chi connectivity index (χ3n) is 3.31. The van der Waals surface area contributed by atoms with E-state index in [0.29, 0.717) is 6.42 Å². The van der Waals surface area contributed by atoms with E-state index in [1.165, 1.54) is 0 Å². The molecule has 2 rings (SSSR count). The van der Waals surface area contributed by atoms with Crippen LogP contribution in [0.5, 0.6) is 0 Å². The summed E-state index contributed by atoms with van der Waals surface area (Å²) in [6, 6.07) is 4.01. The molecule has 0 amide bonds. The van der Waals surface area contributed by atoms with Crippen molar-refractivity contribution in [1.29, 1.82) is 0 Å². The highest BCUT2D eigenvalue weighted by Gasteiger charge is 2.31. The van der Waals surface area contributed by atoms with Crippen molar-refractivity contribution in [3.63, 3.8) is 0 Å². The predicted molar refractivity (Wildman–Crippen MR) is 72.5 cm³/mol. The van der Waals surface area contributed by atoms with Crippen molar-refractivity contribution in [2.75, 3.05) is 30.5 Å². The van der Waals surface area contributed by atoms with Crippen LogP contribution in [-0.4, -0.2) is 45.0 Å². The highest BCUT2D eigenvalue weighted by molar-refractivity contribution is 7.91. The molecule has 18 heavy (non-hydrogen) atoms. The molecule has 0 bridgehead atoms. The van der Waals surface area contributed by atoms with Gasteiger partial charge in [0, 0.05) is 25.8 Å². The quantitative estimate of drug-likeness (QED) is 0.858. The van der Waals surface area contributed by atoms with Gasteiger partial charge in [0.05, 0.1) is 11.5 Å². The summed E-state index contributed by atoms with van der Waals surface area (Å²) in [6.07, 6.45) is 2.46. The number of nitrogens with one attached hydrogen (secondary N) is 1. The maximum atomic E-state index is 11.5. The number of aromatic nitrogens is 1. The zero-order valence-electron chi connectivity index (χ0n) is 10.8. The zero-order valence-corrected chi connectivity index (χ0v) is 11.6. The van der Waals surface area contributed by atoms with Crippen molar-refractivity contribution >= 4 is 15.7 Å². The second-order valence-corrected chi connectivity index (χ2v) is 6.95. The van der Waals surface area contributed by atoms with Gasteiger partial charge in [-0.25, -0.2) is 13.4 Å². The van der Waals surface area contributed by atoms with Crippen LogP contribution in [0, 0.1) is 0 Å². The molecule has 5 nitrogen and oxygen atoms in total. The zero-order chi connectivity index (χ0) is 13.2. The van der Waals surface area contributed by atoms with Gasteiger partial charge < -0.3 is 10.2 Å². The molecule has 2 heterocycles.